The zero-order chi connectivity index (χ0) is 30.9. The maximum Gasteiger partial charge on any atom is 0.243 e. The minimum absolute atomic E-state index is 0.0225. The molecule has 4 aromatic rings. The Morgan fingerprint density at radius 1 is 0.864 bits per heavy atom. The third-order valence-electron chi connectivity index (χ3n) is 7.49. The van der Waals surface area contributed by atoms with Crippen molar-refractivity contribution in [1.82, 2.24) is 19.9 Å². The highest BCUT2D eigenvalue weighted by molar-refractivity contribution is 7.89. The first-order valence-electron chi connectivity index (χ1n) is 14.6. The maximum atomic E-state index is 14.0. The molecular weight excluding hydrogens is 596 g/mol. The van der Waals surface area contributed by atoms with E-state index in [2.05, 4.69) is 15.0 Å². The Labute approximate surface area is 263 Å². The summed E-state index contributed by atoms with van der Waals surface area (Å²) in [4.78, 5) is 33.7. The number of benzene rings is 3. The highest BCUT2D eigenvalue weighted by Crippen LogP contribution is 2.23. The minimum atomic E-state index is -3.56. The van der Waals surface area contributed by atoms with Gasteiger partial charge in [-0.2, -0.15) is 0 Å². The Bertz CT molecular complexity index is 1650. The molecule has 1 fully saturated rings. The molecule has 0 spiro atoms. The summed E-state index contributed by atoms with van der Waals surface area (Å²) in [5.74, 6) is -0.456. The van der Waals surface area contributed by atoms with Crippen LogP contribution in [0.5, 0.6) is 0 Å². The van der Waals surface area contributed by atoms with Crippen molar-refractivity contribution in [3.63, 3.8) is 0 Å². The van der Waals surface area contributed by atoms with Crippen molar-refractivity contribution >= 4 is 33.4 Å². The molecule has 1 heterocycles. The van der Waals surface area contributed by atoms with Crippen LogP contribution in [0.25, 0.3) is 0 Å². The molecule has 0 aliphatic heterocycles. The van der Waals surface area contributed by atoms with Crippen molar-refractivity contribution in [3.05, 3.63) is 131 Å². The number of aryl methyl sites for hydroxylation is 1. The van der Waals surface area contributed by atoms with E-state index in [-0.39, 0.29) is 42.3 Å². The Kier molecular flexibility index (Phi) is 10.4. The van der Waals surface area contributed by atoms with E-state index < -0.39 is 16.1 Å². The van der Waals surface area contributed by atoms with E-state index in [1.165, 1.54) is 0 Å². The second-order valence-corrected chi connectivity index (χ2v) is 13.1. The number of nitrogens with zero attached hydrogens (tertiary/aromatic N) is 2. The van der Waals surface area contributed by atoms with Gasteiger partial charge < -0.3 is 10.2 Å². The quantitative estimate of drug-likeness (QED) is 0.202. The van der Waals surface area contributed by atoms with Crippen molar-refractivity contribution in [1.29, 1.82) is 0 Å². The van der Waals surface area contributed by atoms with Crippen molar-refractivity contribution in [2.45, 2.75) is 62.2 Å². The Morgan fingerprint density at radius 3 is 2.20 bits per heavy atom. The standard InChI is InChI=1S/C34H35ClN4O4S/c35-29-13-8-27(9-14-29)24-39(33(40)19-12-25-10-17-31(18-11-25)44(42,43)38-30-15-16-30)32(21-26-5-2-1-3-6-26)34(41)37-23-28-7-4-20-36-22-28/h1-11,13-14,17-18,20,22,30,32,38H,12,15-16,19,21,23-24H2,(H,37,41). The highest BCUT2D eigenvalue weighted by Gasteiger charge is 2.31. The monoisotopic (exact) mass is 630 g/mol. The van der Waals surface area contributed by atoms with Gasteiger partial charge in [-0.05, 0) is 71.8 Å². The molecule has 1 saturated carbocycles. The van der Waals surface area contributed by atoms with E-state index in [0.717, 1.165) is 35.1 Å². The Hall–Kier alpha value is -4.05. The van der Waals surface area contributed by atoms with Crippen LogP contribution in [-0.4, -0.2) is 42.2 Å². The lowest BCUT2D eigenvalue weighted by molar-refractivity contribution is -0.141. The summed E-state index contributed by atoms with van der Waals surface area (Å²) < 4.78 is 27.8. The number of carbonyl (C=O) groups is 2. The molecule has 5 rings (SSSR count). The third kappa shape index (κ3) is 8.98. The Morgan fingerprint density at radius 2 is 1.55 bits per heavy atom. The first kappa shape index (κ1) is 31.4. The number of hydrogen-bond acceptors (Lipinski definition) is 5. The summed E-state index contributed by atoms with van der Waals surface area (Å²) in [7, 11) is -3.56. The molecule has 1 aliphatic carbocycles. The summed E-state index contributed by atoms with van der Waals surface area (Å²) >= 11 is 6.12. The number of hydrogen-bond donors (Lipinski definition) is 2. The summed E-state index contributed by atoms with van der Waals surface area (Å²) in [6.45, 7) is 0.504. The van der Waals surface area contributed by atoms with Gasteiger partial charge in [0, 0.05) is 49.4 Å². The molecule has 3 aromatic carbocycles. The lowest BCUT2D eigenvalue weighted by Gasteiger charge is -2.32. The number of aromatic nitrogens is 1. The average molecular weight is 631 g/mol. The molecule has 10 heteroatoms. The largest absolute Gasteiger partial charge is 0.350 e. The molecule has 8 nitrogen and oxygen atoms in total. The first-order chi connectivity index (χ1) is 21.3. The summed E-state index contributed by atoms with van der Waals surface area (Å²) in [6.07, 6.45) is 5.95. The molecule has 2 amide bonds. The van der Waals surface area contributed by atoms with Gasteiger partial charge in [-0.3, -0.25) is 14.6 Å². The summed E-state index contributed by atoms with van der Waals surface area (Å²) in [5, 5.41) is 3.59. The van der Waals surface area contributed by atoms with Gasteiger partial charge in [0.25, 0.3) is 0 Å². The molecule has 1 aromatic heterocycles. The fourth-order valence-electron chi connectivity index (χ4n) is 4.87. The van der Waals surface area contributed by atoms with Crippen LogP contribution in [0.2, 0.25) is 5.02 Å². The van der Waals surface area contributed by atoms with E-state index in [1.54, 1.807) is 53.7 Å². The molecular formula is C34H35ClN4O4S. The van der Waals surface area contributed by atoms with Crippen LogP contribution in [0.1, 0.15) is 41.5 Å². The van der Waals surface area contributed by atoms with E-state index in [4.69, 9.17) is 11.6 Å². The van der Waals surface area contributed by atoms with Crippen LogP contribution < -0.4 is 10.0 Å². The van der Waals surface area contributed by atoms with Crippen molar-refractivity contribution in [2.75, 3.05) is 0 Å². The maximum absolute atomic E-state index is 14.0. The van der Waals surface area contributed by atoms with Gasteiger partial charge in [-0.1, -0.05) is 72.3 Å². The molecule has 44 heavy (non-hydrogen) atoms. The van der Waals surface area contributed by atoms with Gasteiger partial charge in [-0.15, -0.1) is 0 Å². The topological polar surface area (TPSA) is 108 Å². The molecule has 1 aliphatic rings. The fourth-order valence-corrected chi connectivity index (χ4v) is 6.30. The zero-order valence-corrected chi connectivity index (χ0v) is 25.8. The van der Waals surface area contributed by atoms with Crippen LogP contribution in [-0.2, 0) is 45.5 Å². The van der Waals surface area contributed by atoms with Crippen LogP contribution in [0.15, 0.2) is 108 Å². The van der Waals surface area contributed by atoms with Crippen molar-refractivity contribution in [2.24, 2.45) is 0 Å². The van der Waals surface area contributed by atoms with Crippen molar-refractivity contribution in [3.8, 4) is 0 Å². The van der Waals surface area contributed by atoms with Gasteiger partial charge >= 0.3 is 0 Å². The Balaban J connectivity index is 1.36. The first-order valence-corrected chi connectivity index (χ1v) is 16.5. The average Bonchev–Trinajstić information content (AvgIpc) is 3.86. The predicted octanol–water partition coefficient (Wildman–Crippen LogP) is 5.06. The molecule has 0 saturated heterocycles. The summed E-state index contributed by atoms with van der Waals surface area (Å²) in [5.41, 5.74) is 3.46. The molecule has 0 radical (unpaired) electrons. The van der Waals surface area contributed by atoms with Gasteiger partial charge in [0.1, 0.15) is 6.04 Å². The summed E-state index contributed by atoms with van der Waals surface area (Å²) in [6, 6.07) is 26.4. The predicted molar refractivity (Wildman–Crippen MR) is 170 cm³/mol. The smallest absolute Gasteiger partial charge is 0.243 e. The number of pyridine rings is 1. The number of halogens is 1. The van der Waals surface area contributed by atoms with Gasteiger partial charge in [-0.25, -0.2) is 13.1 Å². The number of carbonyl (C=O) groups excluding carboxylic acids is 2. The van der Waals surface area contributed by atoms with Crippen LogP contribution >= 0.6 is 11.6 Å². The second kappa shape index (κ2) is 14.6. The normalized spacial score (nSPS) is 13.7. The number of rotatable bonds is 14. The third-order valence-corrected chi connectivity index (χ3v) is 9.28. The number of nitrogens with one attached hydrogen (secondary N) is 2. The van der Waals surface area contributed by atoms with Crippen molar-refractivity contribution < 1.29 is 18.0 Å². The van der Waals surface area contributed by atoms with Crippen LogP contribution in [0.4, 0.5) is 0 Å². The van der Waals surface area contributed by atoms with E-state index in [0.29, 0.717) is 17.9 Å². The fraction of sp³-hybridized carbons (Fsp3) is 0.265. The number of amides is 2. The highest BCUT2D eigenvalue weighted by atomic mass is 35.5. The van der Waals surface area contributed by atoms with Crippen LogP contribution in [0.3, 0.4) is 0 Å². The number of sulfonamides is 1. The van der Waals surface area contributed by atoms with Gasteiger partial charge in [0.15, 0.2) is 0 Å². The lowest BCUT2D eigenvalue weighted by atomic mass is 10.0. The van der Waals surface area contributed by atoms with E-state index >= 15 is 0 Å². The SMILES string of the molecule is O=C(NCc1cccnc1)C(Cc1ccccc1)N(Cc1ccc(Cl)cc1)C(=O)CCc1ccc(S(=O)(=O)NC2CC2)cc1. The minimum Gasteiger partial charge on any atom is -0.350 e. The molecule has 0 bridgehead atoms. The molecule has 2 N–H and O–H groups in total. The molecule has 1 unspecified atom stereocenters. The molecule has 1 atom stereocenters. The zero-order valence-electron chi connectivity index (χ0n) is 24.2. The second-order valence-electron chi connectivity index (χ2n) is 11.0. The van der Waals surface area contributed by atoms with Gasteiger partial charge in [0.05, 0.1) is 4.90 Å². The van der Waals surface area contributed by atoms with Crippen LogP contribution in [0, 0.1) is 0 Å². The lowest BCUT2D eigenvalue weighted by Crippen LogP contribution is -2.50. The van der Waals surface area contributed by atoms with Gasteiger partial charge in [0.2, 0.25) is 21.8 Å². The molecule has 228 valence electrons. The van der Waals surface area contributed by atoms with E-state index in [9.17, 15) is 18.0 Å². The van der Waals surface area contributed by atoms with E-state index in [1.807, 2.05) is 54.6 Å².